The van der Waals surface area contributed by atoms with Crippen LogP contribution in [0, 0.1) is 13.8 Å². The molecule has 0 aromatic heterocycles. The predicted molar refractivity (Wildman–Crippen MR) is 111 cm³/mol. The Balaban J connectivity index is 1.66. The molecule has 2 aliphatic rings. The third kappa shape index (κ3) is 3.67. The first-order valence-corrected chi connectivity index (χ1v) is 9.93. The number of hydrogen-bond donors (Lipinski definition) is 0. The van der Waals surface area contributed by atoms with Crippen molar-refractivity contribution >= 4 is 23.0 Å². The molecular weight excluding hydrogens is 334 g/mol. The van der Waals surface area contributed by atoms with Crippen LogP contribution in [0.2, 0.25) is 0 Å². The third-order valence-electron chi connectivity index (χ3n) is 5.67. The summed E-state index contributed by atoms with van der Waals surface area (Å²) < 4.78 is 0. The molecule has 0 spiro atoms. The zero-order chi connectivity index (χ0) is 18.8. The minimum atomic E-state index is 0.0127. The number of hydrogen-bond acceptors (Lipinski definition) is 3. The average Bonchev–Trinajstić information content (AvgIpc) is 2.84. The molecule has 2 heterocycles. The molecule has 1 amide bonds. The second kappa shape index (κ2) is 7.65. The van der Waals surface area contributed by atoms with E-state index >= 15 is 0 Å². The number of likely N-dealkylation sites (tertiary alicyclic amines) is 1. The van der Waals surface area contributed by atoms with Gasteiger partial charge < -0.3 is 0 Å². The molecule has 4 heteroatoms. The fourth-order valence-corrected chi connectivity index (χ4v) is 3.91. The van der Waals surface area contributed by atoms with Crippen LogP contribution in [0.5, 0.6) is 0 Å². The second-order valence-electron chi connectivity index (χ2n) is 7.65. The van der Waals surface area contributed by atoms with Gasteiger partial charge in [0, 0.05) is 5.56 Å². The summed E-state index contributed by atoms with van der Waals surface area (Å²) >= 11 is 0. The summed E-state index contributed by atoms with van der Waals surface area (Å²) in [6.45, 7) is 6.95. The minimum Gasteiger partial charge on any atom is -0.293 e. The van der Waals surface area contributed by atoms with Gasteiger partial charge >= 0.3 is 0 Å². The molecule has 1 saturated heterocycles. The number of amides is 1. The summed E-state index contributed by atoms with van der Waals surface area (Å²) in [5.41, 5.74) is 5.75. The van der Waals surface area contributed by atoms with E-state index < -0.39 is 0 Å². The van der Waals surface area contributed by atoms with Gasteiger partial charge in [-0.05, 0) is 69.1 Å². The number of carbonyl (C=O) groups excluding carboxylic acids is 1. The van der Waals surface area contributed by atoms with E-state index in [4.69, 9.17) is 4.99 Å². The molecule has 1 fully saturated rings. The van der Waals surface area contributed by atoms with Crippen molar-refractivity contribution in [2.75, 3.05) is 24.7 Å². The molecule has 140 valence electrons. The van der Waals surface area contributed by atoms with Crippen LogP contribution in [-0.2, 0) is 4.79 Å². The molecule has 2 aliphatic heterocycles. The number of benzene rings is 2. The van der Waals surface area contributed by atoms with Crippen molar-refractivity contribution in [1.29, 1.82) is 0 Å². The lowest BCUT2D eigenvalue weighted by atomic mass is 10.1. The van der Waals surface area contributed by atoms with E-state index in [1.54, 1.807) is 0 Å². The largest absolute Gasteiger partial charge is 0.293 e. The highest BCUT2D eigenvalue weighted by atomic mass is 16.2. The maximum atomic E-state index is 13.2. The fourth-order valence-electron chi connectivity index (χ4n) is 3.91. The van der Waals surface area contributed by atoms with Gasteiger partial charge in [0.05, 0.1) is 18.0 Å². The van der Waals surface area contributed by atoms with Crippen molar-refractivity contribution < 1.29 is 4.79 Å². The lowest BCUT2D eigenvalue weighted by Gasteiger charge is -2.26. The molecule has 4 nitrogen and oxygen atoms in total. The van der Waals surface area contributed by atoms with Crippen LogP contribution in [0.25, 0.3) is 0 Å². The van der Waals surface area contributed by atoms with Crippen molar-refractivity contribution in [2.24, 2.45) is 4.99 Å². The zero-order valence-electron chi connectivity index (χ0n) is 16.2. The molecule has 2 aromatic rings. The van der Waals surface area contributed by atoms with Crippen LogP contribution >= 0.6 is 0 Å². The zero-order valence-corrected chi connectivity index (χ0v) is 16.2. The van der Waals surface area contributed by atoms with Crippen LogP contribution in [-0.4, -0.2) is 36.3 Å². The topological polar surface area (TPSA) is 35.9 Å². The van der Waals surface area contributed by atoms with Gasteiger partial charge in [0.25, 0.3) is 5.91 Å². The number of nitrogens with zero attached hydrogens (tertiary/aromatic N) is 3. The average molecular weight is 361 g/mol. The number of rotatable bonds is 3. The van der Waals surface area contributed by atoms with Crippen LogP contribution < -0.4 is 4.90 Å². The van der Waals surface area contributed by atoms with Gasteiger partial charge in [-0.25, -0.2) is 4.99 Å². The summed E-state index contributed by atoms with van der Waals surface area (Å²) in [4.78, 5) is 22.3. The van der Waals surface area contributed by atoms with Crippen molar-refractivity contribution in [1.82, 2.24) is 4.90 Å². The Morgan fingerprint density at radius 1 is 0.926 bits per heavy atom. The second-order valence-corrected chi connectivity index (χ2v) is 7.65. The van der Waals surface area contributed by atoms with Crippen LogP contribution in [0.4, 0.5) is 11.4 Å². The van der Waals surface area contributed by atoms with E-state index in [1.165, 1.54) is 36.8 Å². The van der Waals surface area contributed by atoms with Crippen molar-refractivity contribution in [2.45, 2.75) is 39.5 Å². The molecule has 4 rings (SSSR count). The molecular formula is C23H27N3O. The number of anilines is 1. The van der Waals surface area contributed by atoms with Crippen LogP contribution in [0.15, 0.2) is 47.5 Å². The number of aryl methyl sites for hydroxylation is 2. The molecule has 0 saturated carbocycles. The van der Waals surface area contributed by atoms with Gasteiger partial charge in [0.15, 0.2) is 0 Å². The van der Waals surface area contributed by atoms with Crippen molar-refractivity contribution in [3.8, 4) is 0 Å². The summed E-state index contributed by atoms with van der Waals surface area (Å²) in [5, 5.41) is 0. The lowest BCUT2D eigenvalue weighted by Crippen LogP contribution is -2.41. The molecule has 0 unspecified atom stereocenters. The Morgan fingerprint density at radius 2 is 1.67 bits per heavy atom. The van der Waals surface area contributed by atoms with Crippen molar-refractivity contribution in [3.05, 3.63) is 59.2 Å². The van der Waals surface area contributed by atoms with Gasteiger partial charge in [0.1, 0.15) is 5.71 Å². The van der Waals surface area contributed by atoms with E-state index in [2.05, 4.69) is 30.9 Å². The molecule has 2 aromatic carbocycles. The number of aliphatic imine (C=N–C) groups is 1. The van der Waals surface area contributed by atoms with E-state index in [9.17, 15) is 4.79 Å². The summed E-state index contributed by atoms with van der Waals surface area (Å²) in [5.74, 6) is 0.0127. The summed E-state index contributed by atoms with van der Waals surface area (Å²) in [6, 6.07) is 14.1. The first-order valence-electron chi connectivity index (χ1n) is 9.93. The standard InChI is InChI=1S/C23H27N3O/c1-17-11-12-19(15-18(17)2)24-22-20-9-5-6-10-21(20)26(23(22)27)16-25-13-7-3-4-8-14-25/h5-6,9-12,15H,3-4,7-8,13-14,16H2,1-2H3. The quantitative estimate of drug-likeness (QED) is 0.801. The van der Waals surface area contributed by atoms with Gasteiger partial charge in [0.2, 0.25) is 0 Å². The molecule has 0 N–H and O–H groups in total. The third-order valence-corrected chi connectivity index (χ3v) is 5.67. The molecule has 0 bridgehead atoms. The maximum Gasteiger partial charge on any atom is 0.278 e. The van der Waals surface area contributed by atoms with E-state index in [0.717, 1.165) is 30.0 Å². The maximum absolute atomic E-state index is 13.2. The smallest absolute Gasteiger partial charge is 0.278 e. The SMILES string of the molecule is Cc1ccc(N=C2C(=O)N(CN3CCCCCC3)c3ccccc32)cc1C. The van der Waals surface area contributed by atoms with Crippen LogP contribution in [0.3, 0.4) is 0 Å². The Kier molecular flexibility index (Phi) is 5.08. The van der Waals surface area contributed by atoms with E-state index in [0.29, 0.717) is 12.4 Å². The predicted octanol–water partition coefficient (Wildman–Crippen LogP) is 4.60. The first-order chi connectivity index (χ1) is 13.1. The first kappa shape index (κ1) is 17.9. The highest BCUT2D eigenvalue weighted by molar-refractivity contribution is 6.54. The van der Waals surface area contributed by atoms with Gasteiger partial charge in [-0.2, -0.15) is 0 Å². The molecule has 0 aliphatic carbocycles. The fraction of sp³-hybridized carbons (Fsp3) is 0.391. The number of para-hydroxylation sites is 1. The minimum absolute atomic E-state index is 0.0127. The highest BCUT2D eigenvalue weighted by Gasteiger charge is 2.34. The molecule has 27 heavy (non-hydrogen) atoms. The Bertz CT molecular complexity index is 879. The highest BCUT2D eigenvalue weighted by Crippen LogP contribution is 2.31. The number of carbonyl (C=O) groups is 1. The summed E-state index contributed by atoms with van der Waals surface area (Å²) in [6.07, 6.45) is 5.02. The normalized spacial score (nSPS) is 19.4. The van der Waals surface area contributed by atoms with E-state index in [-0.39, 0.29) is 5.91 Å². The van der Waals surface area contributed by atoms with Gasteiger partial charge in [-0.1, -0.05) is 37.1 Å². The Morgan fingerprint density at radius 3 is 2.41 bits per heavy atom. The number of fused-ring (bicyclic) bond motifs is 1. The van der Waals surface area contributed by atoms with Gasteiger partial charge in [-0.15, -0.1) is 0 Å². The Labute approximate surface area is 161 Å². The van der Waals surface area contributed by atoms with Gasteiger partial charge in [-0.3, -0.25) is 14.6 Å². The summed E-state index contributed by atoms with van der Waals surface area (Å²) in [7, 11) is 0. The molecule has 0 radical (unpaired) electrons. The monoisotopic (exact) mass is 361 g/mol. The van der Waals surface area contributed by atoms with Crippen molar-refractivity contribution in [3.63, 3.8) is 0 Å². The Hall–Kier alpha value is -2.46. The molecule has 0 atom stereocenters. The van der Waals surface area contributed by atoms with E-state index in [1.807, 2.05) is 35.2 Å². The van der Waals surface area contributed by atoms with Crippen LogP contribution in [0.1, 0.15) is 42.4 Å². The lowest BCUT2D eigenvalue weighted by molar-refractivity contribution is -0.112.